The van der Waals surface area contributed by atoms with Gasteiger partial charge >= 0.3 is 0 Å². The minimum Gasteiger partial charge on any atom is -0.353 e. The maximum absolute atomic E-state index is 12.1. The van der Waals surface area contributed by atoms with E-state index in [0.717, 1.165) is 30.6 Å². The van der Waals surface area contributed by atoms with Crippen molar-refractivity contribution in [2.24, 2.45) is 11.8 Å². The molecule has 110 valence electrons. The maximum atomic E-state index is 12.1. The van der Waals surface area contributed by atoms with Crippen molar-refractivity contribution in [3.63, 3.8) is 0 Å². The monoisotopic (exact) mass is 275 g/mol. The molecule has 0 aromatic carbocycles. The van der Waals surface area contributed by atoms with E-state index < -0.39 is 0 Å². The number of rotatable bonds is 5. The van der Waals surface area contributed by atoms with E-state index in [0.29, 0.717) is 12.5 Å². The van der Waals surface area contributed by atoms with Gasteiger partial charge in [0.2, 0.25) is 5.91 Å². The summed E-state index contributed by atoms with van der Waals surface area (Å²) in [6.07, 6.45) is 11.9. The number of hydrogen-bond donors (Lipinski definition) is 1. The van der Waals surface area contributed by atoms with Crippen LogP contribution in [0, 0.1) is 18.8 Å². The highest BCUT2D eigenvalue weighted by molar-refractivity contribution is 5.76. The molecule has 4 nitrogen and oxygen atoms in total. The molecule has 2 saturated carbocycles. The fourth-order valence-corrected chi connectivity index (χ4v) is 4.07. The van der Waals surface area contributed by atoms with Gasteiger partial charge in [0.15, 0.2) is 0 Å². The predicted octanol–water partition coefficient (Wildman–Crippen LogP) is 2.67. The van der Waals surface area contributed by atoms with Crippen molar-refractivity contribution in [1.29, 1.82) is 0 Å². The SMILES string of the molecule is Cc1nccn1CCCC(=O)N[C@H]1CC[C@@H]2CCC[C@@H]21. The van der Waals surface area contributed by atoms with E-state index in [1.165, 1.54) is 32.1 Å². The zero-order valence-corrected chi connectivity index (χ0v) is 12.3. The molecule has 0 unspecified atom stereocenters. The van der Waals surface area contributed by atoms with Crippen LogP contribution in [0.25, 0.3) is 0 Å². The van der Waals surface area contributed by atoms with Crippen molar-refractivity contribution in [3.8, 4) is 0 Å². The van der Waals surface area contributed by atoms with Crippen molar-refractivity contribution in [1.82, 2.24) is 14.9 Å². The molecule has 2 fully saturated rings. The van der Waals surface area contributed by atoms with Gasteiger partial charge in [-0.2, -0.15) is 0 Å². The second-order valence-corrected chi connectivity index (χ2v) is 6.38. The van der Waals surface area contributed by atoms with Crippen molar-refractivity contribution < 1.29 is 4.79 Å². The molecule has 2 aliphatic carbocycles. The molecular weight excluding hydrogens is 250 g/mol. The van der Waals surface area contributed by atoms with Gasteiger partial charge in [0, 0.05) is 31.4 Å². The van der Waals surface area contributed by atoms with Crippen LogP contribution in [0.3, 0.4) is 0 Å². The Labute approximate surface area is 121 Å². The molecule has 0 saturated heterocycles. The third-order valence-electron chi connectivity index (χ3n) is 5.16. The number of hydrogen-bond acceptors (Lipinski definition) is 2. The van der Waals surface area contributed by atoms with Crippen LogP contribution < -0.4 is 5.32 Å². The number of imidazole rings is 1. The van der Waals surface area contributed by atoms with E-state index in [4.69, 9.17) is 0 Å². The predicted molar refractivity (Wildman–Crippen MR) is 78.2 cm³/mol. The smallest absolute Gasteiger partial charge is 0.220 e. The lowest BCUT2D eigenvalue weighted by Gasteiger charge is -2.20. The summed E-state index contributed by atoms with van der Waals surface area (Å²) < 4.78 is 2.11. The van der Waals surface area contributed by atoms with Crippen molar-refractivity contribution in [2.75, 3.05) is 0 Å². The van der Waals surface area contributed by atoms with Gasteiger partial charge in [0.1, 0.15) is 5.82 Å². The molecule has 0 aliphatic heterocycles. The van der Waals surface area contributed by atoms with Crippen LogP contribution in [0.1, 0.15) is 50.8 Å². The molecule has 2 aliphatic rings. The fraction of sp³-hybridized carbons (Fsp3) is 0.750. The van der Waals surface area contributed by atoms with E-state index in [9.17, 15) is 4.79 Å². The molecule has 1 aromatic rings. The molecule has 0 radical (unpaired) electrons. The van der Waals surface area contributed by atoms with Gasteiger partial charge in [-0.3, -0.25) is 4.79 Å². The average Bonchev–Trinajstić information content (AvgIpc) is 3.10. The summed E-state index contributed by atoms with van der Waals surface area (Å²) >= 11 is 0. The van der Waals surface area contributed by atoms with Crippen molar-refractivity contribution >= 4 is 5.91 Å². The van der Waals surface area contributed by atoms with Gasteiger partial charge in [-0.05, 0) is 44.4 Å². The number of nitrogens with zero attached hydrogens (tertiary/aromatic N) is 2. The summed E-state index contributed by atoms with van der Waals surface area (Å²) in [5.74, 6) is 2.93. The Morgan fingerprint density at radius 1 is 1.40 bits per heavy atom. The Hall–Kier alpha value is -1.32. The maximum Gasteiger partial charge on any atom is 0.220 e. The topological polar surface area (TPSA) is 46.9 Å². The number of aryl methyl sites for hydroxylation is 2. The average molecular weight is 275 g/mol. The third kappa shape index (κ3) is 2.89. The van der Waals surface area contributed by atoms with Crippen molar-refractivity contribution in [3.05, 3.63) is 18.2 Å². The Kier molecular flexibility index (Phi) is 4.08. The molecule has 0 bridgehead atoms. The molecule has 1 N–H and O–H groups in total. The molecule has 3 atom stereocenters. The minimum atomic E-state index is 0.236. The largest absolute Gasteiger partial charge is 0.353 e. The molecular formula is C16H25N3O. The van der Waals surface area contributed by atoms with E-state index in [1.807, 2.05) is 19.3 Å². The highest BCUT2D eigenvalue weighted by Crippen LogP contribution is 2.43. The second-order valence-electron chi connectivity index (χ2n) is 6.38. The lowest BCUT2D eigenvalue weighted by molar-refractivity contribution is -0.122. The van der Waals surface area contributed by atoms with Gasteiger partial charge in [-0.25, -0.2) is 4.98 Å². The molecule has 1 heterocycles. The lowest BCUT2D eigenvalue weighted by Crippen LogP contribution is -2.37. The second kappa shape index (κ2) is 5.98. The first-order valence-corrected chi connectivity index (χ1v) is 8.01. The minimum absolute atomic E-state index is 0.236. The number of carbonyl (C=O) groups is 1. The Morgan fingerprint density at radius 3 is 3.10 bits per heavy atom. The van der Waals surface area contributed by atoms with Gasteiger partial charge < -0.3 is 9.88 Å². The summed E-state index contributed by atoms with van der Waals surface area (Å²) in [5, 5.41) is 3.28. The Morgan fingerprint density at radius 2 is 2.30 bits per heavy atom. The zero-order valence-electron chi connectivity index (χ0n) is 12.3. The summed E-state index contributed by atoms with van der Waals surface area (Å²) in [5.41, 5.74) is 0. The summed E-state index contributed by atoms with van der Waals surface area (Å²) in [6, 6.07) is 0.463. The molecule has 0 spiro atoms. The van der Waals surface area contributed by atoms with E-state index >= 15 is 0 Å². The van der Waals surface area contributed by atoms with Crippen LogP contribution in [0.4, 0.5) is 0 Å². The van der Waals surface area contributed by atoms with Crippen molar-refractivity contribution in [2.45, 2.75) is 64.5 Å². The molecule has 1 amide bonds. The van der Waals surface area contributed by atoms with E-state index in [2.05, 4.69) is 14.9 Å². The third-order valence-corrected chi connectivity index (χ3v) is 5.16. The first-order chi connectivity index (χ1) is 9.74. The van der Waals surface area contributed by atoms with Gasteiger partial charge in [-0.15, -0.1) is 0 Å². The molecule has 20 heavy (non-hydrogen) atoms. The van der Waals surface area contributed by atoms with Crippen LogP contribution in [0.2, 0.25) is 0 Å². The standard InChI is InChI=1S/C16H25N3O/c1-12-17-9-11-19(12)10-3-6-16(20)18-15-8-7-13-4-2-5-14(13)15/h9,11,13-15H,2-8,10H2,1H3,(H,18,20)/t13-,14-,15-/m0/s1. The number of aromatic nitrogens is 2. The Bertz CT molecular complexity index is 468. The number of fused-ring (bicyclic) bond motifs is 1. The quantitative estimate of drug-likeness (QED) is 0.898. The fourth-order valence-electron chi connectivity index (χ4n) is 4.07. The number of carbonyl (C=O) groups excluding carboxylic acids is 1. The van der Waals surface area contributed by atoms with Gasteiger partial charge in [-0.1, -0.05) is 12.8 Å². The summed E-state index contributed by atoms with van der Waals surface area (Å²) in [7, 11) is 0. The number of amides is 1. The van der Waals surface area contributed by atoms with Gasteiger partial charge in [0.05, 0.1) is 0 Å². The normalized spacial score (nSPS) is 28.6. The lowest BCUT2D eigenvalue weighted by atomic mass is 9.97. The zero-order chi connectivity index (χ0) is 13.9. The van der Waals surface area contributed by atoms with Crippen LogP contribution in [0.15, 0.2) is 12.4 Å². The first-order valence-electron chi connectivity index (χ1n) is 8.01. The van der Waals surface area contributed by atoms with Gasteiger partial charge in [0.25, 0.3) is 0 Å². The van der Waals surface area contributed by atoms with E-state index in [1.54, 1.807) is 0 Å². The highest BCUT2D eigenvalue weighted by Gasteiger charge is 2.39. The summed E-state index contributed by atoms with van der Waals surface area (Å²) in [4.78, 5) is 16.3. The van der Waals surface area contributed by atoms with Crippen LogP contribution in [-0.2, 0) is 11.3 Å². The molecule has 1 aromatic heterocycles. The Balaban J connectivity index is 1.40. The number of nitrogens with one attached hydrogen (secondary N) is 1. The molecule has 3 rings (SSSR count). The summed E-state index contributed by atoms with van der Waals surface area (Å²) in [6.45, 7) is 2.88. The van der Waals surface area contributed by atoms with Crippen LogP contribution in [0.5, 0.6) is 0 Å². The van der Waals surface area contributed by atoms with Crippen LogP contribution in [-0.4, -0.2) is 21.5 Å². The molecule has 4 heteroatoms. The van der Waals surface area contributed by atoms with E-state index in [-0.39, 0.29) is 5.91 Å². The van der Waals surface area contributed by atoms with Crippen LogP contribution >= 0.6 is 0 Å². The first kappa shape index (κ1) is 13.7. The highest BCUT2D eigenvalue weighted by atomic mass is 16.1.